The molecule has 132 valence electrons. The van der Waals surface area contributed by atoms with Gasteiger partial charge in [-0.3, -0.25) is 9.78 Å². The van der Waals surface area contributed by atoms with Crippen LogP contribution in [0.1, 0.15) is 16.8 Å². The van der Waals surface area contributed by atoms with Crippen LogP contribution in [0.3, 0.4) is 0 Å². The maximum absolute atomic E-state index is 13.7. The third-order valence-electron chi connectivity index (χ3n) is 3.50. The number of aromatic nitrogens is 2. The normalized spacial score (nSPS) is 10.8. The summed E-state index contributed by atoms with van der Waals surface area (Å²) in [4.78, 5) is 18.1. The first-order valence-electron chi connectivity index (χ1n) is 7.94. The Morgan fingerprint density at radius 2 is 2.00 bits per heavy atom. The van der Waals surface area contributed by atoms with Gasteiger partial charge in [0.15, 0.2) is 0 Å². The van der Waals surface area contributed by atoms with E-state index in [1.807, 2.05) is 18.2 Å². The van der Waals surface area contributed by atoms with Crippen LogP contribution in [0.4, 0.5) is 10.3 Å². The van der Waals surface area contributed by atoms with E-state index in [9.17, 15) is 9.18 Å². The second-order valence-electron chi connectivity index (χ2n) is 5.52. The van der Waals surface area contributed by atoms with E-state index in [0.717, 1.165) is 0 Å². The number of para-hydroxylation sites is 1. The van der Waals surface area contributed by atoms with Crippen LogP contribution in [0.5, 0.6) is 5.75 Å². The fourth-order valence-corrected chi connectivity index (χ4v) is 2.28. The van der Waals surface area contributed by atoms with Crippen LogP contribution < -0.4 is 15.7 Å². The summed E-state index contributed by atoms with van der Waals surface area (Å²) < 4.78 is 19.4. The minimum atomic E-state index is -0.310. The minimum absolute atomic E-state index is 0.109. The van der Waals surface area contributed by atoms with Crippen LogP contribution in [0.15, 0.2) is 64.5 Å². The molecule has 0 spiro atoms. The average molecular weight is 352 g/mol. The summed E-state index contributed by atoms with van der Waals surface area (Å²) >= 11 is 0. The van der Waals surface area contributed by atoms with Gasteiger partial charge >= 0.3 is 0 Å². The lowest BCUT2D eigenvalue weighted by atomic mass is 10.2. The van der Waals surface area contributed by atoms with Crippen LogP contribution in [0, 0.1) is 12.7 Å². The summed E-state index contributed by atoms with van der Waals surface area (Å²) in [7, 11) is 0. The van der Waals surface area contributed by atoms with Crippen molar-refractivity contribution in [3.8, 4) is 5.75 Å². The molecule has 0 saturated heterocycles. The quantitative estimate of drug-likeness (QED) is 0.527. The van der Waals surface area contributed by atoms with E-state index in [1.54, 1.807) is 37.4 Å². The molecule has 1 heterocycles. The van der Waals surface area contributed by atoms with Gasteiger partial charge in [0.1, 0.15) is 18.2 Å². The van der Waals surface area contributed by atoms with Crippen molar-refractivity contribution in [3.63, 3.8) is 0 Å². The Balaban J connectivity index is 1.70. The maximum atomic E-state index is 13.7. The van der Waals surface area contributed by atoms with Crippen LogP contribution >= 0.6 is 0 Å². The number of H-pyrrole nitrogens is 1. The first-order chi connectivity index (χ1) is 12.6. The fourth-order valence-electron chi connectivity index (χ4n) is 2.28. The number of hydrogen-bond donors (Lipinski definition) is 2. The molecule has 3 rings (SSSR count). The topological polar surface area (TPSA) is 79.4 Å². The van der Waals surface area contributed by atoms with Crippen molar-refractivity contribution in [2.24, 2.45) is 5.10 Å². The van der Waals surface area contributed by atoms with Gasteiger partial charge in [0.2, 0.25) is 5.95 Å². The number of hydrazone groups is 1. The highest BCUT2D eigenvalue weighted by molar-refractivity contribution is 5.83. The summed E-state index contributed by atoms with van der Waals surface area (Å²) in [5.74, 6) is 0.498. The standard InChI is InChI=1S/C19H17FN4O2/c1-13-10-18(25)23-19(22-13)24-21-11-14-6-3-5-9-17(14)26-12-15-7-2-4-8-16(15)20/h2-11H,12H2,1H3,(H2,22,23,24,25). The van der Waals surface area contributed by atoms with Gasteiger partial charge in [-0.1, -0.05) is 30.3 Å². The second kappa shape index (κ2) is 8.06. The smallest absolute Gasteiger partial charge is 0.252 e. The predicted molar refractivity (Wildman–Crippen MR) is 98.0 cm³/mol. The SMILES string of the molecule is Cc1cc(=O)[nH]c(NN=Cc2ccccc2OCc2ccccc2F)n1. The van der Waals surface area contributed by atoms with Gasteiger partial charge in [0.05, 0.1) is 6.21 Å². The zero-order valence-electron chi connectivity index (χ0n) is 14.1. The van der Waals surface area contributed by atoms with Gasteiger partial charge in [-0.05, 0) is 25.1 Å². The Morgan fingerprint density at radius 1 is 1.23 bits per heavy atom. The Morgan fingerprint density at radius 3 is 2.81 bits per heavy atom. The molecule has 0 radical (unpaired) electrons. The highest BCUT2D eigenvalue weighted by Crippen LogP contribution is 2.18. The number of nitrogens with one attached hydrogen (secondary N) is 2. The Bertz CT molecular complexity index is 985. The molecule has 0 unspecified atom stereocenters. The van der Waals surface area contributed by atoms with E-state index in [1.165, 1.54) is 12.1 Å². The lowest BCUT2D eigenvalue weighted by Crippen LogP contribution is -2.10. The van der Waals surface area contributed by atoms with Crippen molar-refractivity contribution in [3.05, 3.63) is 87.6 Å². The molecular formula is C19H17FN4O2. The zero-order valence-corrected chi connectivity index (χ0v) is 14.1. The van der Waals surface area contributed by atoms with Crippen molar-refractivity contribution in [1.29, 1.82) is 0 Å². The van der Waals surface area contributed by atoms with E-state index >= 15 is 0 Å². The minimum Gasteiger partial charge on any atom is -0.488 e. The predicted octanol–water partition coefficient (Wildman–Crippen LogP) is 3.24. The summed E-state index contributed by atoms with van der Waals surface area (Å²) in [5.41, 5.74) is 4.17. The van der Waals surface area contributed by atoms with E-state index in [-0.39, 0.29) is 23.9 Å². The van der Waals surface area contributed by atoms with Crippen molar-refractivity contribution < 1.29 is 9.13 Å². The molecule has 0 fully saturated rings. The molecule has 0 aliphatic heterocycles. The summed E-state index contributed by atoms with van der Waals surface area (Å²) in [5, 5.41) is 4.07. The van der Waals surface area contributed by atoms with Crippen molar-refractivity contribution in [2.75, 3.05) is 5.43 Å². The van der Waals surface area contributed by atoms with Gasteiger partial charge in [0, 0.05) is 22.9 Å². The average Bonchev–Trinajstić information content (AvgIpc) is 2.61. The lowest BCUT2D eigenvalue weighted by Gasteiger charge is -2.09. The number of nitrogens with zero attached hydrogens (tertiary/aromatic N) is 2. The van der Waals surface area contributed by atoms with E-state index in [2.05, 4.69) is 20.5 Å². The zero-order chi connectivity index (χ0) is 18.4. The number of hydrogen-bond acceptors (Lipinski definition) is 5. The highest BCUT2D eigenvalue weighted by atomic mass is 19.1. The van der Waals surface area contributed by atoms with Crippen LogP contribution in [-0.4, -0.2) is 16.2 Å². The Kier molecular flexibility index (Phi) is 5.38. The molecule has 0 atom stereocenters. The molecule has 1 aromatic heterocycles. The first-order valence-corrected chi connectivity index (χ1v) is 7.94. The van der Waals surface area contributed by atoms with Crippen LogP contribution in [0.2, 0.25) is 0 Å². The lowest BCUT2D eigenvalue weighted by molar-refractivity contribution is 0.299. The summed E-state index contributed by atoms with van der Waals surface area (Å²) in [6, 6.07) is 15.1. The molecule has 0 bridgehead atoms. The first kappa shape index (κ1) is 17.3. The molecule has 0 aliphatic carbocycles. The number of anilines is 1. The Labute approximate surface area is 149 Å². The summed E-state index contributed by atoms with van der Waals surface area (Å²) in [6.45, 7) is 1.83. The molecule has 3 aromatic rings. The number of benzene rings is 2. The number of ether oxygens (including phenoxy) is 1. The van der Waals surface area contributed by atoms with E-state index < -0.39 is 0 Å². The third-order valence-corrected chi connectivity index (χ3v) is 3.50. The Hall–Kier alpha value is -3.48. The van der Waals surface area contributed by atoms with Crippen LogP contribution in [-0.2, 0) is 6.61 Å². The molecule has 7 heteroatoms. The fraction of sp³-hybridized carbons (Fsp3) is 0.105. The third kappa shape index (κ3) is 4.54. The molecule has 0 aliphatic rings. The number of halogens is 1. The molecule has 2 N–H and O–H groups in total. The molecule has 2 aromatic carbocycles. The van der Waals surface area contributed by atoms with Gasteiger partial charge in [-0.2, -0.15) is 5.10 Å². The van der Waals surface area contributed by atoms with Crippen LogP contribution in [0.25, 0.3) is 0 Å². The largest absolute Gasteiger partial charge is 0.488 e. The number of rotatable bonds is 6. The molecule has 0 amide bonds. The monoisotopic (exact) mass is 352 g/mol. The highest BCUT2D eigenvalue weighted by Gasteiger charge is 2.05. The molecular weight excluding hydrogens is 335 g/mol. The van der Waals surface area contributed by atoms with E-state index in [4.69, 9.17) is 4.74 Å². The number of aryl methyl sites for hydroxylation is 1. The van der Waals surface area contributed by atoms with Crippen molar-refractivity contribution in [2.45, 2.75) is 13.5 Å². The van der Waals surface area contributed by atoms with Crippen molar-refractivity contribution in [1.82, 2.24) is 9.97 Å². The molecule has 0 saturated carbocycles. The van der Waals surface area contributed by atoms with Gasteiger partial charge in [-0.15, -0.1) is 0 Å². The maximum Gasteiger partial charge on any atom is 0.252 e. The van der Waals surface area contributed by atoms with Gasteiger partial charge < -0.3 is 4.74 Å². The van der Waals surface area contributed by atoms with Crippen molar-refractivity contribution >= 4 is 12.2 Å². The summed E-state index contributed by atoms with van der Waals surface area (Å²) in [6.07, 6.45) is 1.54. The number of aromatic amines is 1. The second-order valence-corrected chi connectivity index (χ2v) is 5.52. The van der Waals surface area contributed by atoms with Gasteiger partial charge in [0.25, 0.3) is 5.56 Å². The van der Waals surface area contributed by atoms with Gasteiger partial charge in [-0.25, -0.2) is 14.8 Å². The molecule has 6 nitrogen and oxygen atoms in total. The molecule has 26 heavy (non-hydrogen) atoms. The van der Waals surface area contributed by atoms with E-state index in [0.29, 0.717) is 22.6 Å².